The third-order valence-corrected chi connectivity index (χ3v) is 3.57. The number of carboxylic acids is 1. The van der Waals surface area contributed by atoms with Gasteiger partial charge in [0.1, 0.15) is 12.3 Å². The molecular formula is C17H22N2O3. The van der Waals surface area contributed by atoms with Crippen molar-refractivity contribution in [3.05, 3.63) is 24.3 Å². The third kappa shape index (κ3) is 4.69. The molecule has 0 radical (unpaired) electrons. The van der Waals surface area contributed by atoms with Gasteiger partial charge in [-0.15, -0.1) is 0 Å². The van der Waals surface area contributed by atoms with Gasteiger partial charge in [-0.2, -0.15) is 0 Å². The summed E-state index contributed by atoms with van der Waals surface area (Å²) in [4.78, 5) is 19.6. The van der Waals surface area contributed by atoms with Crippen molar-refractivity contribution in [2.45, 2.75) is 33.1 Å². The zero-order valence-electron chi connectivity index (χ0n) is 13.3. The summed E-state index contributed by atoms with van der Waals surface area (Å²) in [5.41, 5.74) is 2.91. The molecule has 1 aromatic carbocycles. The zero-order valence-corrected chi connectivity index (χ0v) is 13.3. The third-order valence-electron chi connectivity index (χ3n) is 3.57. The highest BCUT2D eigenvalue weighted by atomic mass is 16.5. The van der Waals surface area contributed by atoms with Crippen LogP contribution < -0.4 is 4.74 Å². The van der Waals surface area contributed by atoms with Gasteiger partial charge in [0, 0.05) is 17.8 Å². The molecule has 22 heavy (non-hydrogen) atoms. The molecule has 0 heterocycles. The van der Waals surface area contributed by atoms with E-state index in [2.05, 4.69) is 18.8 Å². The highest BCUT2D eigenvalue weighted by Gasteiger charge is 2.29. The largest absolute Gasteiger partial charge is 0.497 e. The van der Waals surface area contributed by atoms with Crippen LogP contribution in [0.25, 0.3) is 0 Å². The standard InChI is InChI=1S/C17H22N2O3/c1-17(2)9-13(18-11-16(20)21)8-14(10-17)19-12-4-6-15(22-3)7-5-12/h4-7H,8-11H2,1-3H3,(H,20,21). The summed E-state index contributed by atoms with van der Waals surface area (Å²) in [6.07, 6.45) is 2.37. The van der Waals surface area contributed by atoms with E-state index in [1.807, 2.05) is 24.3 Å². The molecule has 0 unspecified atom stereocenters. The van der Waals surface area contributed by atoms with E-state index in [0.717, 1.165) is 35.7 Å². The highest BCUT2D eigenvalue weighted by Crippen LogP contribution is 2.33. The fourth-order valence-corrected chi connectivity index (χ4v) is 2.74. The molecule has 1 N–H and O–H groups in total. The van der Waals surface area contributed by atoms with Crippen LogP contribution in [0.4, 0.5) is 5.69 Å². The van der Waals surface area contributed by atoms with Crippen molar-refractivity contribution in [3.8, 4) is 5.75 Å². The van der Waals surface area contributed by atoms with Gasteiger partial charge in [0.05, 0.1) is 12.8 Å². The van der Waals surface area contributed by atoms with E-state index in [9.17, 15) is 4.79 Å². The van der Waals surface area contributed by atoms with Crippen molar-refractivity contribution in [1.29, 1.82) is 0 Å². The van der Waals surface area contributed by atoms with Crippen LogP contribution in [-0.2, 0) is 4.79 Å². The summed E-state index contributed by atoms with van der Waals surface area (Å²) >= 11 is 0. The van der Waals surface area contributed by atoms with E-state index in [4.69, 9.17) is 14.8 Å². The molecule has 5 nitrogen and oxygen atoms in total. The molecule has 1 aromatic rings. The minimum atomic E-state index is -0.899. The van der Waals surface area contributed by atoms with Crippen LogP contribution >= 0.6 is 0 Å². The summed E-state index contributed by atoms with van der Waals surface area (Å²) in [6, 6.07) is 7.60. The number of hydrogen-bond donors (Lipinski definition) is 1. The predicted molar refractivity (Wildman–Crippen MR) is 87.7 cm³/mol. The molecule has 2 rings (SSSR count). The van der Waals surface area contributed by atoms with Crippen LogP contribution in [0.1, 0.15) is 33.1 Å². The molecule has 0 saturated heterocycles. The summed E-state index contributed by atoms with van der Waals surface area (Å²) in [7, 11) is 1.63. The van der Waals surface area contributed by atoms with Crippen molar-refractivity contribution in [2.24, 2.45) is 15.4 Å². The summed E-state index contributed by atoms with van der Waals surface area (Å²) < 4.78 is 5.14. The van der Waals surface area contributed by atoms with E-state index >= 15 is 0 Å². The summed E-state index contributed by atoms with van der Waals surface area (Å²) in [6.45, 7) is 4.15. The Kier molecular flexibility index (Phi) is 4.96. The van der Waals surface area contributed by atoms with Crippen molar-refractivity contribution in [2.75, 3.05) is 13.7 Å². The topological polar surface area (TPSA) is 71.2 Å². The molecule has 0 atom stereocenters. The molecule has 1 saturated carbocycles. The van der Waals surface area contributed by atoms with Gasteiger partial charge >= 0.3 is 5.97 Å². The average molecular weight is 302 g/mol. The number of aliphatic imine (C=N–C) groups is 2. The molecule has 1 aliphatic carbocycles. The first-order valence-corrected chi connectivity index (χ1v) is 7.32. The Balaban J connectivity index is 2.19. The lowest BCUT2D eigenvalue weighted by Gasteiger charge is -2.31. The Morgan fingerprint density at radius 2 is 1.86 bits per heavy atom. The minimum absolute atomic E-state index is 0.0564. The number of nitrogens with zero attached hydrogens (tertiary/aromatic N) is 2. The number of benzene rings is 1. The molecule has 0 amide bonds. The quantitative estimate of drug-likeness (QED) is 0.925. The Labute approximate surface area is 130 Å². The first-order chi connectivity index (χ1) is 10.4. The number of aliphatic carboxylic acids is 1. The maximum atomic E-state index is 10.7. The van der Waals surface area contributed by atoms with E-state index < -0.39 is 5.97 Å². The van der Waals surface area contributed by atoms with Gasteiger partial charge in [-0.05, 0) is 42.5 Å². The molecule has 0 spiro atoms. The predicted octanol–water partition coefficient (Wildman–Crippen LogP) is 3.50. The molecule has 1 fully saturated rings. The Bertz CT molecular complexity index is 601. The first kappa shape index (κ1) is 16.2. The van der Waals surface area contributed by atoms with E-state index in [1.54, 1.807) is 7.11 Å². The van der Waals surface area contributed by atoms with Crippen LogP contribution in [0, 0.1) is 5.41 Å². The van der Waals surface area contributed by atoms with E-state index in [0.29, 0.717) is 6.42 Å². The number of ether oxygens (including phenoxy) is 1. The molecule has 1 aliphatic rings. The molecule has 0 aliphatic heterocycles. The van der Waals surface area contributed by atoms with Crippen molar-refractivity contribution in [3.63, 3.8) is 0 Å². The number of carbonyl (C=O) groups is 1. The van der Waals surface area contributed by atoms with Crippen LogP contribution in [-0.4, -0.2) is 36.2 Å². The highest BCUT2D eigenvalue weighted by molar-refractivity contribution is 6.08. The first-order valence-electron chi connectivity index (χ1n) is 7.32. The van der Waals surface area contributed by atoms with Crippen molar-refractivity contribution in [1.82, 2.24) is 0 Å². The van der Waals surface area contributed by atoms with Gasteiger partial charge < -0.3 is 9.84 Å². The van der Waals surface area contributed by atoms with Crippen LogP contribution in [0.2, 0.25) is 0 Å². The maximum absolute atomic E-state index is 10.7. The smallest absolute Gasteiger partial charge is 0.325 e. The van der Waals surface area contributed by atoms with E-state index in [-0.39, 0.29) is 12.0 Å². The number of rotatable bonds is 4. The van der Waals surface area contributed by atoms with Crippen LogP contribution in [0.15, 0.2) is 34.3 Å². The SMILES string of the molecule is COc1ccc(N=C2CC(=NCC(=O)O)CC(C)(C)C2)cc1. The minimum Gasteiger partial charge on any atom is -0.497 e. The van der Waals surface area contributed by atoms with Gasteiger partial charge in [0.15, 0.2) is 0 Å². The van der Waals surface area contributed by atoms with Crippen molar-refractivity contribution < 1.29 is 14.6 Å². The molecular weight excluding hydrogens is 280 g/mol. The fraction of sp³-hybridized carbons (Fsp3) is 0.471. The number of carboxylic acid groups (broad SMARTS) is 1. The maximum Gasteiger partial charge on any atom is 0.325 e. The van der Waals surface area contributed by atoms with Gasteiger partial charge in [0.25, 0.3) is 0 Å². The monoisotopic (exact) mass is 302 g/mol. The van der Waals surface area contributed by atoms with Crippen molar-refractivity contribution >= 4 is 23.1 Å². The summed E-state index contributed by atoms with van der Waals surface area (Å²) in [5.74, 6) is -0.0962. The van der Waals surface area contributed by atoms with E-state index in [1.165, 1.54) is 0 Å². The van der Waals surface area contributed by atoms with Gasteiger partial charge in [0.2, 0.25) is 0 Å². The average Bonchev–Trinajstić information content (AvgIpc) is 2.44. The Morgan fingerprint density at radius 1 is 1.23 bits per heavy atom. The lowest BCUT2D eigenvalue weighted by molar-refractivity contribution is -0.135. The molecule has 118 valence electrons. The Morgan fingerprint density at radius 3 is 2.45 bits per heavy atom. The fourth-order valence-electron chi connectivity index (χ4n) is 2.74. The normalized spacial score (nSPS) is 21.0. The van der Waals surface area contributed by atoms with Gasteiger partial charge in [-0.25, -0.2) is 0 Å². The number of methoxy groups -OCH3 is 1. The lowest BCUT2D eigenvalue weighted by atomic mass is 9.75. The second kappa shape index (κ2) is 6.73. The second-order valence-electron chi connectivity index (χ2n) is 6.35. The number of hydrogen-bond acceptors (Lipinski definition) is 4. The van der Waals surface area contributed by atoms with Crippen LogP contribution in [0.5, 0.6) is 5.75 Å². The molecule has 5 heteroatoms. The zero-order chi connectivity index (χ0) is 16.2. The molecule has 0 bridgehead atoms. The van der Waals surface area contributed by atoms with Gasteiger partial charge in [-0.1, -0.05) is 13.8 Å². The summed E-state index contributed by atoms with van der Waals surface area (Å²) in [5, 5.41) is 8.78. The van der Waals surface area contributed by atoms with Gasteiger partial charge in [-0.3, -0.25) is 14.8 Å². The Hall–Kier alpha value is -2.17. The lowest BCUT2D eigenvalue weighted by Crippen LogP contribution is -2.29. The molecule has 0 aromatic heterocycles. The van der Waals surface area contributed by atoms with Crippen LogP contribution in [0.3, 0.4) is 0 Å². The second-order valence-corrected chi connectivity index (χ2v) is 6.35.